The van der Waals surface area contributed by atoms with E-state index in [2.05, 4.69) is 16.4 Å². The summed E-state index contributed by atoms with van der Waals surface area (Å²) >= 11 is 6.15. The highest BCUT2D eigenvalue weighted by atomic mass is 35.5. The van der Waals surface area contributed by atoms with Crippen molar-refractivity contribution >= 4 is 11.6 Å². The molecule has 5 heteroatoms. The molecule has 0 spiro atoms. The number of ether oxygens (including phenoxy) is 2. The van der Waals surface area contributed by atoms with E-state index in [-0.39, 0.29) is 6.10 Å². The summed E-state index contributed by atoms with van der Waals surface area (Å²) in [5, 5.41) is 4.23. The number of aromatic nitrogens is 1. The average molecular weight is 333 g/mol. The molecule has 0 amide bonds. The Labute approximate surface area is 141 Å². The van der Waals surface area contributed by atoms with Gasteiger partial charge in [0.2, 0.25) is 5.88 Å². The van der Waals surface area contributed by atoms with Crippen molar-refractivity contribution in [1.29, 1.82) is 0 Å². The largest absolute Gasteiger partial charge is 0.472 e. The van der Waals surface area contributed by atoms with Crippen molar-refractivity contribution in [3.05, 3.63) is 58.2 Å². The Morgan fingerprint density at radius 2 is 2.09 bits per heavy atom. The fourth-order valence-electron chi connectivity index (χ4n) is 2.50. The summed E-state index contributed by atoms with van der Waals surface area (Å²) in [6, 6.07) is 10.1. The molecule has 1 fully saturated rings. The van der Waals surface area contributed by atoms with E-state index < -0.39 is 0 Å². The number of hydrogen-bond acceptors (Lipinski definition) is 4. The number of halogens is 1. The smallest absolute Gasteiger partial charge is 0.213 e. The predicted molar refractivity (Wildman–Crippen MR) is 90.8 cm³/mol. The number of nitrogens with one attached hydrogen (secondary N) is 1. The second-order valence-corrected chi connectivity index (χ2v) is 6.20. The number of benzene rings is 1. The van der Waals surface area contributed by atoms with E-state index in [0.717, 1.165) is 42.3 Å². The molecular formula is C18H21ClN2O2. The van der Waals surface area contributed by atoms with Crippen LogP contribution < -0.4 is 10.1 Å². The molecule has 1 atom stereocenters. The third-order valence-corrected chi connectivity index (χ3v) is 4.28. The Hall–Kier alpha value is -1.62. The molecule has 1 aromatic carbocycles. The van der Waals surface area contributed by atoms with E-state index in [9.17, 15) is 0 Å². The van der Waals surface area contributed by atoms with Crippen LogP contribution in [0.25, 0.3) is 0 Å². The number of pyridine rings is 1. The third-order valence-electron chi connectivity index (χ3n) is 3.87. The van der Waals surface area contributed by atoms with Gasteiger partial charge in [0.1, 0.15) is 6.10 Å². The van der Waals surface area contributed by atoms with E-state index in [0.29, 0.717) is 12.5 Å². The van der Waals surface area contributed by atoms with Gasteiger partial charge >= 0.3 is 0 Å². The first-order chi connectivity index (χ1) is 11.2. The summed E-state index contributed by atoms with van der Waals surface area (Å²) in [6.45, 7) is 4.96. The summed E-state index contributed by atoms with van der Waals surface area (Å²) in [6.07, 6.45) is 2.84. The van der Waals surface area contributed by atoms with Crippen molar-refractivity contribution < 1.29 is 9.47 Å². The summed E-state index contributed by atoms with van der Waals surface area (Å²) in [5.74, 6) is 0.665. The maximum absolute atomic E-state index is 6.15. The number of hydrogen-bond donors (Lipinski definition) is 1. The van der Waals surface area contributed by atoms with Gasteiger partial charge in [-0.05, 0) is 35.7 Å². The van der Waals surface area contributed by atoms with Crippen LogP contribution in [0.3, 0.4) is 0 Å². The molecule has 2 heterocycles. The highest BCUT2D eigenvalue weighted by Gasteiger charge is 2.17. The van der Waals surface area contributed by atoms with Gasteiger partial charge < -0.3 is 14.8 Å². The van der Waals surface area contributed by atoms with Crippen LogP contribution in [0.1, 0.15) is 23.1 Å². The highest BCUT2D eigenvalue weighted by Crippen LogP contribution is 2.17. The van der Waals surface area contributed by atoms with Crippen LogP contribution >= 0.6 is 11.6 Å². The van der Waals surface area contributed by atoms with Crippen molar-refractivity contribution in [2.75, 3.05) is 13.2 Å². The fourth-order valence-corrected chi connectivity index (χ4v) is 2.70. The summed E-state index contributed by atoms with van der Waals surface area (Å²) in [4.78, 5) is 4.27. The minimum Gasteiger partial charge on any atom is -0.472 e. The van der Waals surface area contributed by atoms with Gasteiger partial charge in [-0.2, -0.15) is 0 Å². The molecule has 0 radical (unpaired) electrons. The second-order valence-electron chi connectivity index (χ2n) is 5.79. The van der Waals surface area contributed by atoms with E-state index in [4.69, 9.17) is 21.1 Å². The van der Waals surface area contributed by atoms with Crippen LogP contribution in [0.5, 0.6) is 5.88 Å². The lowest BCUT2D eigenvalue weighted by atomic mass is 10.1. The standard InChI is InChI=1S/C18H21ClN2O2/c1-13-2-3-14(8-17(13)19)10-20-11-15-4-6-21-18(9-15)23-16-5-7-22-12-16/h2-4,6,8-9,16,20H,5,7,10-12H2,1H3/t16-/m1/s1. The van der Waals surface area contributed by atoms with Gasteiger partial charge in [0.25, 0.3) is 0 Å². The summed E-state index contributed by atoms with van der Waals surface area (Å²) in [5.41, 5.74) is 3.42. The van der Waals surface area contributed by atoms with Crippen LogP contribution in [0, 0.1) is 6.92 Å². The molecule has 0 bridgehead atoms. The topological polar surface area (TPSA) is 43.4 Å². The van der Waals surface area contributed by atoms with Gasteiger partial charge in [-0.25, -0.2) is 4.98 Å². The van der Waals surface area contributed by atoms with Crippen molar-refractivity contribution in [3.63, 3.8) is 0 Å². The zero-order valence-electron chi connectivity index (χ0n) is 13.2. The van der Waals surface area contributed by atoms with E-state index >= 15 is 0 Å². The quantitative estimate of drug-likeness (QED) is 0.879. The lowest BCUT2D eigenvalue weighted by molar-refractivity contribution is 0.138. The van der Waals surface area contributed by atoms with Gasteiger partial charge in [0, 0.05) is 36.8 Å². The lowest BCUT2D eigenvalue weighted by Crippen LogP contribution is -2.17. The molecule has 1 N–H and O–H groups in total. The molecule has 2 aromatic rings. The van der Waals surface area contributed by atoms with Gasteiger partial charge in [0.05, 0.1) is 13.2 Å². The minimum atomic E-state index is 0.125. The van der Waals surface area contributed by atoms with E-state index in [1.807, 2.05) is 31.2 Å². The molecule has 3 rings (SSSR count). The second kappa shape index (κ2) is 7.77. The molecule has 23 heavy (non-hydrogen) atoms. The molecule has 1 aliphatic heterocycles. The third kappa shape index (κ3) is 4.67. The number of rotatable bonds is 6. The van der Waals surface area contributed by atoms with Gasteiger partial charge in [-0.3, -0.25) is 0 Å². The molecular weight excluding hydrogens is 312 g/mol. The monoisotopic (exact) mass is 332 g/mol. The maximum atomic E-state index is 6.15. The molecule has 1 aliphatic rings. The van der Waals surface area contributed by atoms with Crippen LogP contribution in [-0.2, 0) is 17.8 Å². The Morgan fingerprint density at radius 3 is 2.83 bits per heavy atom. The van der Waals surface area contributed by atoms with Crippen molar-refractivity contribution in [2.45, 2.75) is 32.5 Å². The van der Waals surface area contributed by atoms with Crippen LogP contribution in [0.15, 0.2) is 36.5 Å². The first-order valence-corrected chi connectivity index (χ1v) is 8.23. The normalized spacial score (nSPS) is 17.4. The lowest BCUT2D eigenvalue weighted by Gasteiger charge is -2.12. The van der Waals surface area contributed by atoms with Crippen LogP contribution in [0.2, 0.25) is 5.02 Å². The number of aryl methyl sites for hydroxylation is 1. The highest BCUT2D eigenvalue weighted by molar-refractivity contribution is 6.31. The van der Waals surface area contributed by atoms with Crippen LogP contribution in [-0.4, -0.2) is 24.3 Å². The average Bonchev–Trinajstić information content (AvgIpc) is 3.04. The zero-order chi connectivity index (χ0) is 16.1. The summed E-state index contributed by atoms with van der Waals surface area (Å²) < 4.78 is 11.1. The summed E-state index contributed by atoms with van der Waals surface area (Å²) in [7, 11) is 0. The first-order valence-electron chi connectivity index (χ1n) is 7.86. The molecule has 0 unspecified atom stereocenters. The minimum absolute atomic E-state index is 0.125. The van der Waals surface area contributed by atoms with Gasteiger partial charge in [-0.15, -0.1) is 0 Å². The molecule has 122 valence electrons. The number of nitrogens with zero attached hydrogens (tertiary/aromatic N) is 1. The first kappa shape index (κ1) is 16.2. The van der Waals surface area contributed by atoms with E-state index in [1.165, 1.54) is 5.56 Å². The fraction of sp³-hybridized carbons (Fsp3) is 0.389. The van der Waals surface area contributed by atoms with Gasteiger partial charge in [-0.1, -0.05) is 23.7 Å². The Kier molecular flexibility index (Phi) is 5.49. The van der Waals surface area contributed by atoms with Crippen molar-refractivity contribution in [2.24, 2.45) is 0 Å². The molecule has 0 saturated carbocycles. The molecule has 0 aliphatic carbocycles. The Morgan fingerprint density at radius 1 is 1.26 bits per heavy atom. The van der Waals surface area contributed by atoms with Crippen molar-refractivity contribution in [1.82, 2.24) is 10.3 Å². The Balaban J connectivity index is 1.52. The molecule has 1 aromatic heterocycles. The molecule has 4 nitrogen and oxygen atoms in total. The zero-order valence-corrected chi connectivity index (χ0v) is 14.0. The van der Waals surface area contributed by atoms with Gasteiger partial charge in [0.15, 0.2) is 0 Å². The van der Waals surface area contributed by atoms with E-state index in [1.54, 1.807) is 6.20 Å². The predicted octanol–water partition coefficient (Wildman–Crippen LogP) is 3.50. The molecule has 1 saturated heterocycles. The maximum Gasteiger partial charge on any atom is 0.213 e. The SMILES string of the molecule is Cc1ccc(CNCc2ccnc(O[C@@H]3CCOC3)c2)cc1Cl. The Bertz CT molecular complexity index is 657. The van der Waals surface area contributed by atoms with Crippen LogP contribution in [0.4, 0.5) is 0 Å². The van der Waals surface area contributed by atoms with Crippen molar-refractivity contribution in [3.8, 4) is 5.88 Å².